The Labute approximate surface area is 242 Å². The van der Waals surface area contributed by atoms with Crippen LogP contribution in [0.2, 0.25) is 0 Å². The van der Waals surface area contributed by atoms with Crippen LogP contribution in [0.1, 0.15) is 43.4 Å². The number of aromatic nitrogens is 1. The SMILES string of the molecule is COc1ccc(C(=O)[C@@H]2[C@H](C(=O)c3cccnc3)[C@@]3(C(=O)Nc4ccccc43)[C@H]3c4ccccc4C=CN23)c(OC)c1. The van der Waals surface area contributed by atoms with Gasteiger partial charge in [-0.15, -0.1) is 0 Å². The van der Waals surface area contributed by atoms with Crippen LogP contribution in [0.3, 0.4) is 0 Å². The van der Waals surface area contributed by atoms with Crippen molar-refractivity contribution >= 4 is 29.2 Å². The minimum absolute atomic E-state index is 0.294. The topological polar surface area (TPSA) is 97.8 Å². The second-order valence-electron chi connectivity index (χ2n) is 10.6. The van der Waals surface area contributed by atoms with Crippen molar-refractivity contribution in [1.29, 1.82) is 0 Å². The van der Waals surface area contributed by atoms with Crippen molar-refractivity contribution in [1.82, 2.24) is 9.88 Å². The summed E-state index contributed by atoms with van der Waals surface area (Å²) in [5.74, 6) is -1.22. The Balaban J connectivity index is 1.53. The lowest BCUT2D eigenvalue weighted by Gasteiger charge is -2.38. The van der Waals surface area contributed by atoms with E-state index in [1.54, 1.807) is 36.5 Å². The van der Waals surface area contributed by atoms with Crippen LogP contribution in [-0.4, -0.2) is 47.6 Å². The van der Waals surface area contributed by atoms with Crippen molar-refractivity contribution in [2.75, 3.05) is 19.5 Å². The molecule has 42 heavy (non-hydrogen) atoms. The van der Waals surface area contributed by atoms with E-state index >= 15 is 0 Å². The first kappa shape index (κ1) is 25.7. The highest BCUT2D eigenvalue weighted by Gasteiger charge is 2.70. The predicted molar refractivity (Wildman–Crippen MR) is 157 cm³/mol. The van der Waals surface area contributed by atoms with E-state index in [9.17, 15) is 14.4 Å². The molecule has 3 aliphatic heterocycles. The molecule has 1 aromatic heterocycles. The molecule has 208 valence electrons. The van der Waals surface area contributed by atoms with Gasteiger partial charge in [0.1, 0.15) is 23.0 Å². The molecule has 1 N–H and O–H groups in total. The van der Waals surface area contributed by atoms with Crippen LogP contribution in [0.5, 0.6) is 11.5 Å². The molecule has 3 aliphatic rings. The lowest BCUT2D eigenvalue weighted by Crippen LogP contribution is -2.49. The van der Waals surface area contributed by atoms with E-state index in [1.807, 2.05) is 65.7 Å². The van der Waals surface area contributed by atoms with Gasteiger partial charge in [0, 0.05) is 35.9 Å². The third-order valence-corrected chi connectivity index (χ3v) is 8.74. The number of amides is 1. The molecule has 4 heterocycles. The van der Waals surface area contributed by atoms with Crippen molar-refractivity contribution in [2.45, 2.75) is 17.5 Å². The monoisotopic (exact) mass is 557 g/mol. The van der Waals surface area contributed by atoms with Gasteiger partial charge in [-0.05, 0) is 53.1 Å². The number of pyridine rings is 1. The van der Waals surface area contributed by atoms with Crippen LogP contribution in [0.15, 0.2) is 97.5 Å². The van der Waals surface area contributed by atoms with Crippen LogP contribution >= 0.6 is 0 Å². The molecule has 7 rings (SSSR count). The zero-order valence-corrected chi connectivity index (χ0v) is 23.0. The molecule has 4 atom stereocenters. The van der Waals surface area contributed by atoms with Gasteiger partial charge in [0.2, 0.25) is 5.91 Å². The summed E-state index contributed by atoms with van der Waals surface area (Å²) in [6, 6.07) is 21.9. The maximum atomic E-state index is 14.8. The molecule has 0 radical (unpaired) electrons. The molecule has 8 heteroatoms. The standard InChI is InChI=1S/C34H27N3O5/c1-41-22-13-14-24(27(18-22)42-2)31(39)29-28(30(38)21-9-7-16-35-19-21)34(25-11-5-6-12-26(25)36-33(34)40)32-23-10-4-3-8-20(23)15-17-37(29)32/h3-19,28-29,32H,1-2H3,(H,36,40)/t28-,29+,32-,34-/m1/s1. The quantitative estimate of drug-likeness (QED) is 0.330. The summed E-state index contributed by atoms with van der Waals surface area (Å²) in [6.07, 6.45) is 6.86. The summed E-state index contributed by atoms with van der Waals surface area (Å²) in [7, 11) is 3.02. The molecule has 8 nitrogen and oxygen atoms in total. The van der Waals surface area contributed by atoms with Crippen LogP contribution in [0.25, 0.3) is 6.08 Å². The van der Waals surface area contributed by atoms with Crippen LogP contribution in [-0.2, 0) is 10.2 Å². The highest BCUT2D eigenvalue weighted by molar-refractivity contribution is 6.17. The molecular weight excluding hydrogens is 530 g/mol. The maximum absolute atomic E-state index is 14.8. The smallest absolute Gasteiger partial charge is 0.238 e. The summed E-state index contributed by atoms with van der Waals surface area (Å²) in [5, 5.41) is 3.06. The lowest BCUT2D eigenvalue weighted by atomic mass is 9.62. The van der Waals surface area contributed by atoms with Crippen LogP contribution < -0.4 is 14.8 Å². The number of nitrogens with one attached hydrogen (secondary N) is 1. The fraction of sp³-hybridized carbons (Fsp3) is 0.176. The predicted octanol–water partition coefficient (Wildman–Crippen LogP) is 5.08. The molecule has 0 unspecified atom stereocenters. The van der Waals surface area contributed by atoms with Crippen molar-refractivity contribution in [3.8, 4) is 11.5 Å². The lowest BCUT2D eigenvalue weighted by molar-refractivity contribution is -0.122. The third-order valence-electron chi connectivity index (χ3n) is 8.74. The number of hydrogen-bond donors (Lipinski definition) is 1. The van der Waals surface area contributed by atoms with Crippen molar-refractivity contribution in [3.63, 3.8) is 0 Å². The number of Topliss-reactive ketones (excluding diaryl/α,β-unsaturated/α-hetero) is 2. The molecule has 1 fully saturated rings. The van der Waals surface area contributed by atoms with Crippen LogP contribution in [0.4, 0.5) is 5.69 Å². The second-order valence-corrected chi connectivity index (χ2v) is 10.6. The van der Waals surface area contributed by atoms with Gasteiger partial charge in [0.15, 0.2) is 11.6 Å². The molecule has 1 saturated heterocycles. The van der Waals surface area contributed by atoms with Gasteiger partial charge in [-0.25, -0.2) is 0 Å². The van der Waals surface area contributed by atoms with Gasteiger partial charge in [-0.1, -0.05) is 42.5 Å². The largest absolute Gasteiger partial charge is 0.497 e. The minimum Gasteiger partial charge on any atom is -0.497 e. The normalized spacial score (nSPS) is 23.1. The highest BCUT2D eigenvalue weighted by Crippen LogP contribution is 2.62. The number of hydrogen-bond acceptors (Lipinski definition) is 7. The third kappa shape index (κ3) is 3.48. The Morgan fingerprint density at radius 3 is 2.52 bits per heavy atom. The Kier molecular flexibility index (Phi) is 5.93. The van der Waals surface area contributed by atoms with Crippen molar-refractivity contribution in [2.24, 2.45) is 5.92 Å². The number of para-hydroxylation sites is 1. The maximum Gasteiger partial charge on any atom is 0.238 e. The second kappa shape index (κ2) is 9.69. The molecule has 0 saturated carbocycles. The summed E-state index contributed by atoms with van der Waals surface area (Å²) in [4.78, 5) is 50.1. The molecule has 4 aromatic rings. The number of fused-ring (bicyclic) bond motifs is 6. The average molecular weight is 558 g/mol. The van der Waals surface area contributed by atoms with Crippen LogP contribution in [0, 0.1) is 5.92 Å². The zero-order chi connectivity index (χ0) is 29.0. The number of nitrogens with zero attached hydrogens (tertiary/aromatic N) is 2. The van der Waals surface area contributed by atoms with Crippen molar-refractivity contribution in [3.05, 3.63) is 125 Å². The minimum atomic E-state index is -1.41. The first-order valence-electron chi connectivity index (χ1n) is 13.7. The summed E-state index contributed by atoms with van der Waals surface area (Å²) in [6.45, 7) is 0. The Hall–Kier alpha value is -5.24. The van der Waals surface area contributed by atoms with E-state index in [2.05, 4.69) is 10.3 Å². The average Bonchev–Trinajstić information content (AvgIpc) is 3.52. The number of carbonyl (C=O) groups is 3. The number of benzene rings is 3. The van der Waals surface area contributed by atoms with E-state index in [1.165, 1.54) is 20.4 Å². The summed E-state index contributed by atoms with van der Waals surface area (Å²) in [5.41, 5.74) is 2.33. The van der Waals surface area contributed by atoms with Gasteiger partial charge in [0.05, 0.1) is 31.7 Å². The molecule has 0 aliphatic carbocycles. The van der Waals surface area contributed by atoms with E-state index in [4.69, 9.17) is 9.47 Å². The molecule has 0 bridgehead atoms. The summed E-state index contributed by atoms with van der Waals surface area (Å²) >= 11 is 0. The van der Waals surface area contributed by atoms with Gasteiger partial charge < -0.3 is 19.7 Å². The van der Waals surface area contributed by atoms with E-state index in [0.29, 0.717) is 33.9 Å². The Morgan fingerprint density at radius 2 is 1.74 bits per heavy atom. The Bertz CT molecular complexity index is 1790. The summed E-state index contributed by atoms with van der Waals surface area (Å²) < 4.78 is 11.0. The van der Waals surface area contributed by atoms with E-state index in [0.717, 1.165) is 11.1 Å². The number of anilines is 1. The number of carbonyl (C=O) groups excluding carboxylic acids is 3. The van der Waals surface area contributed by atoms with Gasteiger partial charge in [-0.2, -0.15) is 0 Å². The van der Waals surface area contributed by atoms with Gasteiger partial charge >= 0.3 is 0 Å². The molecular formula is C34H27N3O5. The van der Waals surface area contributed by atoms with Gasteiger partial charge in [-0.3, -0.25) is 19.4 Å². The number of rotatable bonds is 6. The first-order valence-corrected chi connectivity index (χ1v) is 13.7. The number of ketones is 2. The molecule has 3 aromatic carbocycles. The highest BCUT2D eigenvalue weighted by atomic mass is 16.5. The first-order chi connectivity index (χ1) is 20.5. The van der Waals surface area contributed by atoms with E-state index < -0.39 is 23.4 Å². The van der Waals surface area contributed by atoms with Gasteiger partial charge in [0.25, 0.3) is 0 Å². The zero-order valence-electron chi connectivity index (χ0n) is 23.0. The van der Waals surface area contributed by atoms with E-state index in [-0.39, 0.29) is 17.5 Å². The van der Waals surface area contributed by atoms with Crippen molar-refractivity contribution < 1.29 is 23.9 Å². The Morgan fingerprint density at radius 1 is 0.929 bits per heavy atom. The number of ether oxygens (including phenoxy) is 2. The molecule has 1 amide bonds. The fourth-order valence-corrected chi connectivity index (χ4v) is 7.02. The molecule has 1 spiro atoms. The number of methoxy groups -OCH3 is 2. The fourth-order valence-electron chi connectivity index (χ4n) is 7.02.